The maximum Gasteiger partial charge on any atom is 0.238 e. The van der Waals surface area contributed by atoms with E-state index in [1.54, 1.807) is 0 Å². The predicted octanol–water partition coefficient (Wildman–Crippen LogP) is 1.54. The van der Waals surface area contributed by atoms with Crippen LogP contribution in [-0.2, 0) is 4.79 Å². The molecule has 1 aliphatic heterocycles. The number of piperazine rings is 1. The summed E-state index contributed by atoms with van der Waals surface area (Å²) in [5, 5.41) is 2.98. The topological polar surface area (TPSA) is 61.6 Å². The van der Waals surface area contributed by atoms with Crippen LogP contribution in [0.2, 0.25) is 0 Å². The molecule has 0 spiro atoms. The van der Waals surface area contributed by atoms with Crippen molar-refractivity contribution in [2.75, 3.05) is 37.7 Å². The van der Waals surface area contributed by atoms with E-state index >= 15 is 0 Å². The standard InChI is InChI=1S/C16H26N4O/c1-11-7-14(17)5-6-15(11)18-16(21)10-20-8-12(2)19(4)13(3)9-20/h5-7,12-13H,8-10,17H2,1-4H3,(H,18,21). The zero-order valence-corrected chi connectivity index (χ0v) is 13.4. The molecule has 0 aromatic heterocycles. The average molecular weight is 290 g/mol. The zero-order chi connectivity index (χ0) is 15.6. The molecular formula is C16H26N4O. The van der Waals surface area contributed by atoms with E-state index in [2.05, 4.69) is 36.0 Å². The molecule has 0 radical (unpaired) electrons. The second-order valence-electron chi connectivity index (χ2n) is 6.18. The normalized spacial score (nSPS) is 24.0. The van der Waals surface area contributed by atoms with Crippen LogP contribution in [0.5, 0.6) is 0 Å². The number of aryl methyl sites for hydroxylation is 1. The number of benzene rings is 1. The van der Waals surface area contributed by atoms with Crippen molar-refractivity contribution in [3.63, 3.8) is 0 Å². The summed E-state index contributed by atoms with van der Waals surface area (Å²) in [5.74, 6) is 0.0341. The SMILES string of the molecule is Cc1cc(N)ccc1NC(=O)CN1CC(C)N(C)C(C)C1. The van der Waals surface area contributed by atoms with E-state index in [-0.39, 0.29) is 5.91 Å². The Labute approximate surface area is 127 Å². The fourth-order valence-corrected chi connectivity index (χ4v) is 2.86. The maximum absolute atomic E-state index is 12.2. The second kappa shape index (κ2) is 6.45. The number of nitrogens with two attached hydrogens (primary N) is 1. The van der Waals surface area contributed by atoms with E-state index in [1.807, 2.05) is 25.1 Å². The third-order valence-electron chi connectivity index (χ3n) is 4.33. The lowest BCUT2D eigenvalue weighted by atomic mass is 10.1. The molecule has 3 N–H and O–H groups in total. The number of carbonyl (C=O) groups is 1. The van der Waals surface area contributed by atoms with Crippen molar-refractivity contribution in [3.8, 4) is 0 Å². The van der Waals surface area contributed by atoms with Crippen molar-refractivity contribution < 1.29 is 4.79 Å². The summed E-state index contributed by atoms with van der Waals surface area (Å²) in [6.07, 6.45) is 0. The number of hydrogen-bond donors (Lipinski definition) is 2. The Balaban J connectivity index is 1.93. The molecule has 5 heteroatoms. The molecule has 0 saturated carbocycles. The Morgan fingerprint density at radius 3 is 2.52 bits per heavy atom. The third kappa shape index (κ3) is 3.95. The van der Waals surface area contributed by atoms with Gasteiger partial charge in [0.1, 0.15) is 0 Å². The van der Waals surface area contributed by atoms with Crippen molar-refractivity contribution in [2.24, 2.45) is 0 Å². The van der Waals surface area contributed by atoms with Crippen LogP contribution in [0.4, 0.5) is 11.4 Å². The van der Waals surface area contributed by atoms with Crippen molar-refractivity contribution in [1.29, 1.82) is 0 Å². The monoisotopic (exact) mass is 290 g/mol. The van der Waals surface area contributed by atoms with Crippen molar-refractivity contribution in [3.05, 3.63) is 23.8 Å². The molecule has 2 atom stereocenters. The Bertz CT molecular complexity index is 505. The van der Waals surface area contributed by atoms with E-state index in [0.717, 1.165) is 24.3 Å². The van der Waals surface area contributed by atoms with Crippen LogP contribution < -0.4 is 11.1 Å². The van der Waals surface area contributed by atoms with Gasteiger partial charge in [-0.3, -0.25) is 14.6 Å². The van der Waals surface area contributed by atoms with E-state index in [0.29, 0.717) is 24.3 Å². The van der Waals surface area contributed by atoms with Crippen molar-refractivity contribution in [2.45, 2.75) is 32.9 Å². The fraction of sp³-hybridized carbons (Fsp3) is 0.562. The molecule has 5 nitrogen and oxygen atoms in total. The van der Waals surface area contributed by atoms with Gasteiger partial charge >= 0.3 is 0 Å². The van der Waals surface area contributed by atoms with E-state index in [4.69, 9.17) is 5.73 Å². The first kappa shape index (κ1) is 15.8. The Morgan fingerprint density at radius 1 is 1.33 bits per heavy atom. The smallest absolute Gasteiger partial charge is 0.238 e. The second-order valence-corrected chi connectivity index (χ2v) is 6.18. The lowest BCUT2D eigenvalue weighted by molar-refractivity contribution is -0.118. The van der Waals surface area contributed by atoms with Gasteiger partial charge < -0.3 is 11.1 Å². The number of nitrogen functional groups attached to an aromatic ring is 1. The highest BCUT2D eigenvalue weighted by Crippen LogP contribution is 2.18. The summed E-state index contributed by atoms with van der Waals surface area (Å²) >= 11 is 0. The molecule has 1 aromatic carbocycles. The molecule has 1 saturated heterocycles. The minimum Gasteiger partial charge on any atom is -0.399 e. The first-order valence-corrected chi connectivity index (χ1v) is 7.47. The number of nitrogens with one attached hydrogen (secondary N) is 1. The van der Waals surface area contributed by atoms with Crippen molar-refractivity contribution >= 4 is 17.3 Å². The highest BCUT2D eigenvalue weighted by atomic mass is 16.2. The summed E-state index contributed by atoms with van der Waals surface area (Å²) in [4.78, 5) is 16.8. The summed E-state index contributed by atoms with van der Waals surface area (Å²) in [6.45, 7) is 8.64. The molecular weight excluding hydrogens is 264 g/mol. The Kier molecular flexibility index (Phi) is 4.85. The summed E-state index contributed by atoms with van der Waals surface area (Å²) in [6, 6.07) is 6.48. The van der Waals surface area contributed by atoms with Gasteiger partial charge in [0.2, 0.25) is 5.91 Å². The van der Waals surface area contributed by atoms with Gasteiger partial charge in [0.25, 0.3) is 0 Å². The molecule has 1 aliphatic rings. The van der Waals surface area contributed by atoms with Gasteiger partial charge in [-0.25, -0.2) is 0 Å². The Morgan fingerprint density at radius 2 is 1.95 bits per heavy atom. The number of carbonyl (C=O) groups excluding carboxylic acids is 1. The zero-order valence-electron chi connectivity index (χ0n) is 13.4. The van der Waals surface area contributed by atoms with Gasteiger partial charge in [0, 0.05) is 36.5 Å². The molecule has 1 aromatic rings. The number of amides is 1. The quantitative estimate of drug-likeness (QED) is 0.829. The summed E-state index contributed by atoms with van der Waals surface area (Å²) in [5.41, 5.74) is 8.27. The van der Waals surface area contributed by atoms with E-state index in [9.17, 15) is 4.79 Å². The maximum atomic E-state index is 12.2. The average Bonchev–Trinajstić information content (AvgIpc) is 2.39. The first-order chi connectivity index (χ1) is 9.86. The largest absolute Gasteiger partial charge is 0.399 e. The number of likely N-dealkylation sites (N-methyl/N-ethyl adjacent to an activating group) is 1. The van der Waals surface area contributed by atoms with Gasteiger partial charge in [-0.1, -0.05) is 0 Å². The third-order valence-corrected chi connectivity index (χ3v) is 4.33. The molecule has 21 heavy (non-hydrogen) atoms. The highest BCUT2D eigenvalue weighted by molar-refractivity contribution is 5.93. The van der Waals surface area contributed by atoms with Crippen LogP contribution in [0.25, 0.3) is 0 Å². The number of anilines is 2. The lowest BCUT2D eigenvalue weighted by Crippen LogP contribution is -2.56. The van der Waals surface area contributed by atoms with Gasteiger partial charge in [-0.05, 0) is 51.6 Å². The molecule has 116 valence electrons. The van der Waals surface area contributed by atoms with Crippen LogP contribution in [0.15, 0.2) is 18.2 Å². The number of rotatable bonds is 3. The fourth-order valence-electron chi connectivity index (χ4n) is 2.86. The Hall–Kier alpha value is -1.59. The van der Waals surface area contributed by atoms with Crippen LogP contribution in [0.1, 0.15) is 19.4 Å². The summed E-state index contributed by atoms with van der Waals surface area (Å²) < 4.78 is 0. The van der Waals surface area contributed by atoms with Crippen molar-refractivity contribution in [1.82, 2.24) is 9.80 Å². The molecule has 0 bridgehead atoms. The van der Waals surface area contributed by atoms with Crippen LogP contribution in [0.3, 0.4) is 0 Å². The first-order valence-electron chi connectivity index (χ1n) is 7.47. The lowest BCUT2D eigenvalue weighted by Gasteiger charge is -2.42. The van der Waals surface area contributed by atoms with Gasteiger partial charge in [-0.2, -0.15) is 0 Å². The minimum atomic E-state index is 0.0341. The minimum absolute atomic E-state index is 0.0341. The van der Waals surface area contributed by atoms with E-state index < -0.39 is 0 Å². The number of hydrogen-bond acceptors (Lipinski definition) is 4. The van der Waals surface area contributed by atoms with Gasteiger partial charge in [0.15, 0.2) is 0 Å². The predicted molar refractivity (Wildman–Crippen MR) is 87.3 cm³/mol. The molecule has 2 unspecified atom stereocenters. The summed E-state index contributed by atoms with van der Waals surface area (Å²) in [7, 11) is 2.14. The molecule has 0 aliphatic carbocycles. The van der Waals surface area contributed by atoms with Crippen LogP contribution in [-0.4, -0.2) is 54.5 Å². The van der Waals surface area contributed by atoms with Gasteiger partial charge in [-0.15, -0.1) is 0 Å². The molecule has 2 rings (SSSR count). The van der Waals surface area contributed by atoms with E-state index in [1.165, 1.54) is 0 Å². The van der Waals surface area contributed by atoms with Gasteiger partial charge in [0.05, 0.1) is 6.54 Å². The molecule has 1 fully saturated rings. The van der Waals surface area contributed by atoms with Crippen LogP contribution >= 0.6 is 0 Å². The molecule has 1 heterocycles. The number of nitrogens with zero attached hydrogens (tertiary/aromatic N) is 2. The molecule has 1 amide bonds. The highest BCUT2D eigenvalue weighted by Gasteiger charge is 2.27. The van der Waals surface area contributed by atoms with Crippen LogP contribution in [0, 0.1) is 6.92 Å².